The van der Waals surface area contributed by atoms with Crippen molar-refractivity contribution >= 4 is 38.9 Å². The molecule has 0 aromatic heterocycles. The summed E-state index contributed by atoms with van der Waals surface area (Å²) in [5.74, 6) is 0.270. The third-order valence-electron chi connectivity index (χ3n) is 5.14. The number of nitrogens with zero attached hydrogens (tertiary/aromatic N) is 1. The Hall–Kier alpha value is -3.23. The van der Waals surface area contributed by atoms with Crippen LogP contribution in [0.25, 0.3) is 0 Å². The molecule has 3 aromatic rings. The van der Waals surface area contributed by atoms with Gasteiger partial charge in [0.15, 0.2) is 6.10 Å². The normalized spacial score (nSPS) is 15.4. The van der Waals surface area contributed by atoms with Gasteiger partial charge in [0.2, 0.25) is 0 Å². The number of hydrogen-bond acceptors (Lipinski definition) is 5. The molecule has 0 saturated heterocycles. The number of hydrogen-bond donors (Lipinski definition) is 1. The number of halogens is 1. The first-order valence-corrected chi connectivity index (χ1v) is 12.2. The molecular weight excluding hydrogens is 464 g/mol. The van der Waals surface area contributed by atoms with Gasteiger partial charge in [0, 0.05) is 5.02 Å². The molecule has 7 nitrogen and oxygen atoms in total. The van der Waals surface area contributed by atoms with Crippen LogP contribution < -0.4 is 19.1 Å². The lowest BCUT2D eigenvalue weighted by atomic mass is 10.2. The summed E-state index contributed by atoms with van der Waals surface area (Å²) in [5, 5.41) is 3.15. The molecule has 1 aliphatic heterocycles. The fourth-order valence-corrected chi connectivity index (χ4v) is 5.12. The van der Waals surface area contributed by atoms with Gasteiger partial charge in [-0.15, -0.1) is 0 Å². The van der Waals surface area contributed by atoms with E-state index in [-0.39, 0.29) is 22.9 Å². The third-order valence-corrected chi connectivity index (χ3v) is 7.17. The van der Waals surface area contributed by atoms with Gasteiger partial charge in [-0.05, 0) is 56.3 Å². The predicted octanol–water partition coefficient (Wildman–Crippen LogP) is 4.64. The molecule has 4 rings (SSSR count). The Labute approximate surface area is 197 Å². The van der Waals surface area contributed by atoms with Crippen molar-refractivity contribution < 1.29 is 22.7 Å². The van der Waals surface area contributed by atoms with E-state index in [0.717, 1.165) is 5.56 Å². The Morgan fingerprint density at radius 2 is 1.88 bits per heavy atom. The summed E-state index contributed by atoms with van der Waals surface area (Å²) in [6.07, 6.45) is -1.09. The first-order valence-electron chi connectivity index (χ1n) is 10.4. The van der Waals surface area contributed by atoms with Gasteiger partial charge in [0.1, 0.15) is 11.5 Å². The summed E-state index contributed by atoms with van der Waals surface area (Å²) in [5.41, 5.74) is 1.69. The highest BCUT2D eigenvalue weighted by molar-refractivity contribution is 7.92. The zero-order valence-corrected chi connectivity index (χ0v) is 19.7. The molecule has 0 bridgehead atoms. The maximum Gasteiger partial charge on any atom is 0.267 e. The number of carbonyl (C=O) groups is 1. The number of nitrogens with one attached hydrogen (secondary N) is 1. The maximum absolute atomic E-state index is 13.5. The molecule has 1 heterocycles. The van der Waals surface area contributed by atoms with Gasteiger partial charge in [0.25, 0.3) is 15.9 Å². The number of ether oxygens (including phenoxy) is 2. The monoisotopic (exact) mass is 486 g/mol. The van der Waals surface area contributed by atoms with Gasteiger partial charge in [-0.3, -0.25) is 9.10 Å². The fraction of sp³-hybridized carbons (Fsp3) is 0.208. The van der Waals surface area contributed by atoms with E-state index in [1.54, 1.807) is 48.5 Å². The molecule has 1 atom stereocenters. The van der Waals surface area contributed by atoms with Gasteiger partial charge in [-0.1, -0.05) is 41.4 Å². The number of aryl methyl sites for hydroxylation is 1. The van der Waals surface area contributed by atoms with Crippen LogP contribution in [0.1, 0.15) is 12.5 Å². The molecule has 0 spiro atoms. The molecular formula is C24H23ClN2O5S. The van der Waals surface area contributed by atoms with Gasteiger partial charge in [-0.25, -0.2) is 8.42 Å². The molecule has 3 aromatic carbocycles. The van der Waals surface area contributed by atoms with Gasteiger partial charge < -0.3 is 14.8 Å². The topological polar surface area (TPSA) is 84.9 Å². The number of fused-ring (bicyclic) bond motifs is 1. The highest BCUT2D eigenvalue weighted by atomic mass is 35.5. The standard InChI is InChI=1S/C24H23ClN2O5S/c1-3-31-21-7-5-4-6-19(21)26-24(28)23-15-27(20-14-17(25)10-13-22(20)32-23)33(29,30)18-11-8-16(2)9-12-18/h4-14,23H,3,15H2,1-2H3,(H,26,28). The Morgan fingerprint density at radius 1 is 1.15 bits per heavy atom. The Bertz CT molecular complexity index is 1280. The van der Waals surface area contributed by atoms with Crippen molar-refractivity contribution in [3.63, 3.8) is 0 Å². The third kappa shape index (κ3) is 4.77. The van der Waals surface area contributed by atoms with Crippen LogP contribution in [0.4, 0.5) is 11.4 Å². The molecule has 1 N–H and O–H groups in total. The summed E-state index contributed by atoms with van der Waals surface area (Å²) in [7, 11) is -3.98. The van der Waals surface area contributed by atoms with Crippen molar-refractivity contribution in [2.24, 2.45) is 0 Å². The number of rotatable bonds is 6. The van der Waals surface area contributed by atoms with E-state index in [1.807, 2.05) is 13.8 Å². The van der Waals surface area contributed by atoms with E-state index in [1.165, 1.54) is 22.5 Å². The van der Waals surface area contributed by atoms with Crippen LogP contribution in [0.5, 0.6) is 11.5 Å². The van der Waals surface area contributed by atoms with E-state index < -0.39 is 22.0 Å². The van der Waals surface area contributed by atoms with Crippen molar-refractivity contribution in [2.75, 3.05) is 22.8 Å². The molecule has 33 heavy (non-hydrogen) atoms. The quantitative estimate of drug-likeness (QED) is 0.548. The first-order chi connectivity index (χ1) is 15.8. The molecule has 0 aliphatic carbocycles. The molecule has 1 amide bonds. The van der Waals surface area contributed by atoms with Crippen molar-refractivity contribution in [2.45, 2.75) is 24.8 Å². The minimum absolute atomic E-state index is 0.113. The second-order valence-electron chi connectivity index (χ2n) is 7.49. The molecule has 9 heteroatoms. The first kappa shape index (κ1) is 22.9. The SMILES string of the molecule is CCOc1ccccc1NC(=O)C1CN(S(=O)(=O)c2ccc(C)cc2)c2cc(Cl)ccc2O1. The number of carbonyl (C=O) groups excluding carboxylic acids is 1. The maximum atomic E-state index is 13.5. The minimum atomic E-state index is -3.98. The summed E-state index contributed by atoms with van der Waals surface area (Å²) in [6.45, 7) is 3.94. The minimum Gasteiger partial charge on any atom is -0.492 e. The van der Waals surface area contributed by atoms with Gasteiger partial charge in [0.05, 0.1) is 29.4 Å². The summed E-state index contributed by atoms with van der Waals surface area (Å²) >= 11 is 6.14. The van der Waals surface area contributed by atoms with E-state index in [4.69, 9.17) is 21.1 Å². The van der Waals surface area contributed by atoms with E-state index in [9.17, 15) is 13.2 Å². The highest BCUT2D eigenvalue weighted by Crippen LogP contribution is 2.39. The molecule has 0 saturated carbocycles. The lowest BCUT2D eigenvalue weighted by Crippen LogP contribution is -2.48. The van der Waals surface area contributed by atoms with Crippen molar-refractivity contribution in [3.05, 3.63) is 77.3 Å². The smallest absolute Gasteiger partial charge is 0.267 e. The molecule has 0 fully saturated rings. The average molecular weight is 487 g/mol. The highest BCUT2D eigenvalue weighted by Gasteiger charge is 2.38. The summed E-state index contributed by atoms with van der Waals surface area (Å²) < 4.78 is 39.6. The second-order valence-corrected chi connectivity index (χ2v) is 9.78. The second kappa shape index (κ2) is 9.33. The number of anilines is 2. The lowest BCUT2D eigenvalue weighted by molar-refractivity contribution is -0.122. The Morgan fingerprint density at radius 3 is 2.61 bits per heavy atom. The number of benzene rings is 3. The van der Waals surface area contributed by atoms with Crippen LogP contribution in [0.2, 0.25) is 5.02 Å². The molecule has 172 valence electrons. The molecule has 1 unspecified atom stereocenters. The Kier molecular flexibility index (Phi) is 6.49. The van der Waals surface area contributed by atoms with Crippen LogP contribution in [0.15, 0.2) is 71.6 Å². The summed E-state index contributed by atoms with van der Waals surface area (Å²) in [4.78, 5) is 13.2. The van der Waals surface area contributed by atoms with Crippen LogP contribution in [-0.4, -0.2) is 33.6 Å². The van der Waals surface area contributed by atoms with Crippen LogP contribution in [-0.2, 0) is 14.8 Å². The lowest BCUT2D eigenvalue weighted by Gasteiger charge is -2.35. The predicted molar refractivity (Wildman–Crippen MR) is 128 cm³/mol. The average Bonchev–Trinajstić information content (AvgIpc) is 2.80. The molecule has 0 radical (unpaired) electrons. The molecule has 1 aliphatic rings. The zero-order valence-electron chi connectivity index (χ0n) is 18.1. The van der Waals surface area contributed by atoms with Crippen LogP contribution in [0, 0.1) is 6.92 Å². The van der Waals surface area contributed by atoms with E-state index >= 15 is 0 Å². The van der Waals surface area contributed by atoms with Crippen molar-refractivity contribution in [1.29, 1.82) is 0 Å². The van der Waals surface area contributed by atoms with Crippen LogP contribution in [0.3, 0.4) is 0 Å². The van der Waals surface area contributed by atoms with Gasteiger partial charge >= 0.3 is 0 Å². The van der Waals surface area contributed by atoms with Crippen molar-refractivity contribution in [1.82, 2.24) is 0 Å². The van der Waals surface area contributed by atoms with E-state index in [0.29, 0.717) is 23.1 Å². The number of sulfonamides is 1. The van der Waals surface area contributed by atoms with Gasteiger partial charge in [-0.2, -0.15) is 0 Å². The number of para-hydroxylation sites is 2. The zero-order chi connectivity index (χ0) is 23.6. The largest absolute Gasteiger partial charge is 0.492 e. The van der Waals surface area contributed by atoms with Crippen LogP contribution >= 0.6 is 11.6 Å². The Balaban J connectivity index is 1.68. The van der Waals surface area contributed by atoms with Crippen molar-refractivity contribution in [3.8, 4) is 11.5 Å². The van der Waals surface area contributed by atoms with E-state index in [2.05, 4.69) is 5.32 Å². The fourth-order valence-electron chi connectivity index (χ4n) is 3.49. The number of amides is 1. The summed E-state index contributed by atoms with van der Waals surface area (Å²) in [6, 6.07) is 18.2.